The third kappa shape index (κ3) is 4.01. The molecule has 0 spiro atoms. The molecule has 0 atom stereocenters. The van der Waals surface area contributed by atoms with Gasteiger partial charge in [-0.05, 0) is 48.9 Å². The molecule has 6 nitrogen and oxygen atoms in total. The quantitative estimate of drug-likeness (QED) is 0.533. The lowest BCUT2D eigenvalue weighted by Crippen LogP contribution is -2.22. The third-order valence-electron chi connectivity index (χ3n) is 4.63. The molecule has 29 heavy (non-hydrogen) atoms. The number of benzene rings is 3. The van der Waals surface area contributed by atoms with Crippen LogP contribution in [0.2, 0.25) is 0 Å². The zero-order valence-corrected chi connectivity index (χ0v) is 15.8. The number of phenolic OH excluding ortho intramolecular Hbond substituents is 1. The Morgan fingerprint density at radius 2 is 1.62 bits per heavy atom. The molecule has 0 bridgehead atoms. The maximum atomic E-state index is 12.4. The van der Waals surface area contributed by atoms with Crippen LogP contribution in [0.15, 0.2) is 77.2 Å². The average Bonchev–Trinajstić information content (AvgIpc) is 3.23. The number of aromatic nitrogens is 2. The summed E-state index contributed by atoms with van der Waals surface area (Å²) in [6, 6.07) is 21.6. The number of aryl methyl sites for hydroxylation is 1. The first-order valence-electron chi connectivity index (χ1n) is 9.17. The highest BCUT2D eigenvalue weighted by Gasteiger charge is 2.13. The van der Waals surface area contributed by atoms with Crippen LogP contribution in [0.1, 0.15) is 21.5 Å². The van der Waals surface area contributed by atoms with E-state index in [2.05, 4.69) is 15.5 Å². The lowest BCUT2D eigenvalue weighted by atomic mass is 10.1. The van der Waals surface area contributed by atoms with Crippen LogP contribution in [0.3, 0.4) is 0 Å². The van der Waals surface area contributed by atoms with Gasteiger partial charge >= 0.3 is 0 Å². The Balaban J connectivity index is 1.46. The van der Waals surface area contributed by atoms with E-state index in [0.29, 0.717) is 22.9 Å². The molecule has 4 rings (SSSR count). The number of carbonyl (C=O) groups excluding carboxylic acids is 1. The van der Waals surface area contributed by atoms with Crippen molar-refractivity contribution in [3.05, 3.63) is 89.5 Å². The van der Waals surface area contributed by atoms with Crippen molar-refractivity contribution in [2.45, 2.75) is 13.5 Å². The topological polar surface area (TPSA) is 88.2 Å². The summed E-state index contributed by atoms with van der Waals surface area (Å²) in [4.78, 5) is 12.4. The number of amides is 1. The van der Waals surface area contributed by atoms with Gasteiger partial charge in [-0.15, -0.1) is 10.2 Å². The normalized spacial score (nSPS) is 10.7. The monoisotopic (exact) mass is 385 g/mol. The van der Waals surface area contributed by atoms with E-state index in [1.54, 1.807) is 42.5 Å². The van der Waals surface area contributed by atoms with Crippen molar-refractivity contribution in [1.29, 1.82) is 0 Å². The van der Waals surface area contributed by atoms with E-state index in [0.717, 1.165) is 16.7 Å². The minimum atomic E-state index is -0.231. The molecule has 0 aliphatic carbocycles. The molecule has 0 aliphatic heterocycles. The molecule has 4 aromatic rings. The molecule has 0 aliphatic rings. The number of hydrogen-bond donors (Lipinski definition) is 2. The Hall–Kier alpha value is -3.93. The van der Waals surface area contributed by atoms with Crippen molar-refractivity contribution >= 4 is 5.91 Å². The second kappa shape index (κ2) is 7.98. The Morgan fingerprint density at radius 1 is 0.931 bits per heavy atom. The maximum Gasteiger partial charge on any atom is 0.251 e. The SMILES string of the molecule is Cc1ccccc1-c1nnc(-c2ccc(C(=O)NCc3ccccc3O)cc2)o1. The van der Waals surface area contributed by atoms with Gasteiger partial charge in [-0.25, -0.2) is 0 Å². The average molecular weight is 385 g/mol. The molecule has 6 heteroatoms. The smallest absolute Gasteiger partial charge is 0.251 e. The Kier molecular flexibility index (Phi) is 5.07. The number of phenols is 1. The Bertz CT molecular complexity index is 1150. The van der Waals surface area contributed by atoms with E-state index in [-0.39, 0.29) is 18.2 Å². The fraction of sp³-hybridized carbons (Fsp3) is 0.0870. The first kappa shape index (κ1) is 18.4. The van der Waals surface area contributed by atoms with E-state index in [9.17, 15) is 9.90 Å². The lowest BCUT2D eigenvalue weighted by Gasteiger charge is -2.07. The zero-order chi connectivity index (χ0) is 20.2. The number of carbonyl (C=O) groups is 1. The number of nitrogens with one attached hydrogen (secondary N) is 1. The van der Waals surface area contributed by atoms with Crippen molar-refractivity contribution in [2.24, 2.45) is 0 Å². The molecule has 1 amide bonds. The summed E-state index contributed by atoms with van der Waals surface area (Å²) < 4.78 is 5.80. The summed E-state index contributed by atoms with van der Waals surface area (Å²) in [6.07, 6.45) is 0. The van der Waals surface area contributed by atoms with Gasteiger partial charge in [0.2, 0.25) is 11.8 Å². The molecule has 1 aromatic heterocycles. The van der Waals surface area contributed by atoms with Crippen LogP contribution in [0.25, 0.3) is 22.9 Å². The Labute approximate surface area is 167 Å². The minimum absolute atomic E-state index is 0.156. The van der Waals surface area contributed by atoms with Gasteiger partial charge in [-0.3, -0.25) is 4.79 Å². The van der Waals surface area contributed by atoms with Gasteiger partial charge in [-0.1, -0.05) is 36.4 Å². The van der Waals surface area contributed by atoms with Gasteiger partial charge in [0.05, 0.1) is 0 Å². The van der Waals surface area contributed by atoms with Gasteiger partial charge in [0.25, 0.3) is 5.91 Å². The van der Waals surface area contributed by atoms with Gasteiger partial charge in [0.15, 0.2) is 0 Å². The van der Waals surface area contributed by atoms with Gasteiger partial charge in [0.1, 0.15) is 5.75 Å². The summed E-state index contributed by atoms with van der Waals surface area (Å²) >= 11 is 0. The summed E-state index contributed by atoms with van der Waals surface area (Å²) in [5, 5.41) is 20.8. The number of nitrogens with zero attached hydrogens (tertiary/aromatic N) is 2. The van der Waals surface area contributed by atoms with Gasteiger partial charge < -0.3 is 14.8 Å². The first-order chi connectivity index (χ1) is 14.1. The number of hydrogen-bond acceptors (Lipinski definition) is 5. The second-order valence-corrected chi connectivity index (χ2v) is 6.62. The van der Waals surface area contributed by atoms with Gasteiger partial charge in [-0.2, -0.15) is 0 Å². The van der Waals surface area contributed by atoms with Crippen LogP contribution in [-0.2, 0) is 6.54 Å². The molecular formula is C23H19N3O3. The fourth-order valence-electron chi connectivity index (χ4n) is 2.96. The predicted molar refractivity (Wildman–Crippen MR) is 109 cm³/mol. The van der Waals surface area contributed by atoms with Crippen molar-refractivity contribution in [1.82, 2.24) is 15.5 Å². The van der Waals surface area contributed by atoms with E-state index < -0.39 is 0 Å². The van der Waals surface area contributed by atoms with Crippen molar-refractivity contribution in [3.8, 4) is 28.7 Å². The second-order valence-electron chi connectivity index (χ2n) is 6.62. The maximum absolute atomic E-state index is 12.4. The Morgan fingerprint density at radius 3 is 2.38 bits per heavy atom. The largest absolute Gasteiger partial charge is 0.508 e. The first-order valence-corrected chi connectivity index (χ1v) is 9.17. The molecule has 0 radical (unpaired) electrons. The number of para-hydroxylation sites is 1. The van der Waals surface area contributed by atoms with Crippen LogP contribution < -0.4 is 5.32 Å². The highest BCUT2D eigenvalue weighted by molar-refractivity contribution is 5.94. The number of aromatic hydroxyl groups is 1. The highest BCUT2D eigenvalue weighted by atomic mass is 16.4. The third-order valence-corrected chi connectivity index (χ3v) is 4.63. The molecule has 144 valence electrons. The molecule has 0 saturated carbocycles. The van der Waals surface area contributed by atoms with Crippen LogP contribution >= 0.6 is 0 Å². The summed E-state index contributed by atoms with van der Waals surface area (Å²) in [5.41, 5.74) is 3.84. The van der Waals surface area contributed by atoms with Crippen LogP contribution in [0.5, 0.6) is 5.75 Å². The van der Waals surface area contributed by atoms with Crippen molar-refractivity contribution in [2.75, 3.05) is 0 Å². The fourth-order valence-corrected chi connectivity index (χ4v) is 2.96. The van der Waals surface area contributed by atoms with Crippen LogP contribution in [-0.4, -0.2) is 21.2 Å². The lowest BCUT2D eigenvalue weighted by molar-refractivity contribution is 0.0950. The molecular weight excluding hydrogens is 366 g/mol. The van der Waals surface area contributed by atoms with Crippen molar-refractivity contribution < 1.29 is 14.3 Å². The van der Waals surface area contributed by atoms with E-state index >= 15 is 0 Å². The molecule has 3 aromatic carbocycles. The van der Waals surface area contributed by atoms with E-state index in [4.69, 9.17) is 4.42 Å². The zero-order valence-electron chi connectivity index (χ0n) is 15.8. The van der Waals surface area contributed by atoms with Crippen LogP contribution in [0, 0.1) is 6.92 Å². The molecule has 1 heterocycles. The summed E-state index contributed by atoms with van der Waals surface area (Å²) in [7, 11) is 0. The molecule has 0 unspecified atom stereocenters. The molecule has 2 N–H and O–H groups in total. The van der Waals surface area contributed by atoms with E-state index in [1.165, 1.54) is 0 Å². The van der Waals surface area contributed by atoms with E-state index in [1.807, 2.05) is 37.3 Å². The summed E-state index contributed by atoms with van der Waals surface area (Å²) in [6.45, 7) is 2.23. The number of rotatable bonds is 5. The minimum Gasteiger partial charge on any atom is -0.508 e. The van der Waals surface area contributed by atoms with Crippen molar-refractivity contribution in [3.63, 3.8) is 0 Å². The highest BCUT2D eigenvalue weighted by Crippen LogP contribution is 2.26. The summed E-state index contributed by atoms with van der Waals surface area (Å²) in [5.74, 6) is 0.780. The predicted octanol–water partition coefficient (Wildman–Crippen LogP) is 4.35. The molecule has 0 fully saturated rings. The van der Waals surface area contributed by atoms with Gasteiger partial charge in [0, 0.05) is 28.8 Å². The van der Waals surface area contributed by atoms with Crippen LogP contribution in [0.4, 0.5) is 0 Å². The standard InChI is InChI=1S/C23H19N3O3/c1-15-6-2-4-8-19(15)23-26-25-22(29-23)17-12-10-16(11-13-17)21(28)24-14-18-7-3-5-9-20(18)27/h2-13,27H,14H2,1H3,(H,24,28). The molecule has 0 saturated heterocycles.